The summed E-state index contributed by atoms with van der Waals surface area (Å²) in [5.41, 5.74) is 8.29. The first-order valence-corrected chi connectivity index (χ1v) is 10.8. The Kier molecular flexibility index (Phi) is 8.98. The minimum absolute atomic E-state index is 0. The second kappa shape index (κ2) is 11.4. The van der Waals surface area contributed by atoms with Gasteiger partial charge in [-0.05, 0) is 48.9 Å². The number of hydrogen-bond acceptors (Lipinski definition) is 6. The number of thiazole rings is 1. The van der Waals surface area contributed by atoms with Gasteiger partial charge < -0.3 is 21.1 Å². The van der Waals surface area contributed by atoms with Crippen LogP contribution in [0.2, 0.25) is 0 Å². The number of amides is 1. The maximum absolute atomic E-state index is 12.9. The van der Waals surface area contributed by atoms with E-state index in [1.807, 2.05) is 25.1 Å². The van der Waals surface area contributed by atoms with Crippen LogP contribution in [0, 0.1) is 5.41 Å². The van der Waals surface area contributed by atoms with Crippen LogP contribution in [0.15, 0.2) is 42.5 Å². The minimum Gasteiger partial charge on any atom is -0.481 e. The standard InChI is InChI=1S/C22H25N5O3S.ClH/c1-2-10-27(11-9-20(28)29)22(30)15-5-8-18-17(12-15)26-19(31-18)13-25-16-6-3-14(4-7-16)21(23)24;/h3-8,12,25H,2,9-11,13H2,1H3,(H3,23,24)(H,28,29);1H. The summed E-state index contributed by atoms with van der Waals surface area (Å²) in [6.45, 7) is 3.19. The number of aliphatic carboxylic acids is 1. The highest BCUT2D eigenvalue weighted by molar-refractivity contribution is 7.18. The van der Waals surface area contributed by atoms with Crippen molar-refractivity contribution in [2.75, 3.05) is 18.4 Å². The highest BCUT2D eigenvalue weighted by Gasteiger charge is 2.17. The second-order valence-electron chi connectivity index (χ2n) is 7.07. The lowest BCUT2D eigenvalue weighted by molar-refractivity contribution is -0.137. The number of halogens is 1. The van der Waals surface area contributed by atoms with Crippen LogP contribution in [0.25, 0.3) is 10.2 Å². The van der Waals surface area contributed by atoms with Gasteiger partial charge in [-0.3, -0.25) is 15.0 Å². The van der Waals surface area contributed by atoms with E-state index in [2.05, 4.69) is 10.3 Å². The molecule has 1 aromatic heterocycles. The van der Waals surface area contributed by atoms with E-state index in [1.54, 1.807) is 40.5 Å². The monoisotopic (exact) mass is 475 g/mol. The van der Waals surface area contributed by atoms with Gasteiger partial charge in [-0.2, -0.15) is 0 Å². The highest BCUT2D eigenvalue weighted by atomic mass is 35.5. The lowest BCUT2D eigenvalue weighted by atomic mass is 10.1. The zero-order valence-corrected chi connectivity index (χ0v) is 19.3. The Labute approximate surface area is 196 Å². The molecule has 5 N–H and O–H groups in total. The number of nitrogen functional groups attached to an aromatic ring is 1. The van der Waals surface area contributed by atoms with Gasteiger partial charge in [0.05, 0.1) is 23.2 Å². The summed E-state index contributed by atoms with van der Waals surface area (Å²) in [6.07, 6.45) is 0.682. The molecule has 0 bridgehead atoms. The fourth-order valence-electron chi connectivity index (χ4n) is 3.13. The van der Waals surface area contributed by atoms with Gasteiger partial charge in [0.1, 0.15) is 10.8 Å². The molecule has 0 radical (unpaired) electrons. The number of benzene rings is 2. The number of carboxylic acids is 1. The Morgan fingerprint density at radius 2 is 1.84 bits per heavy atom. The van der Waals surface area contributed by atoms with E-state index in [0.29, 0.717) is 24.2 Å². The number of rotatable bonds is 10. The van der Waals surface area contributed by atoms with Crippen LogP contribution in [0.5, 0.6) is 0 Å². The van der Waals surface area contributed by atoms with Crippen LogP contribution >= 0.6 is 23.7 Å². The number of nitrogens with one attached hydrogen (secondary N) is 2. The van der Waals surface area contributed by atoms with Gasteiger partial charge in [0.25, 0.3) is 5.91 Å². The average molecular weight is 476 g/mol. The van der Waals surface area contributed by atoms with E-state index in [0.717, 1.165) is 27.3 Å². The smallest absolute Gasteiger partial charge is 0.305 e. The predicted octanol–water partition coefficient (Wildman–Crippen LogP) is 3.94. The number of nitrogens with zero attached hydrogens (tertiary/aromatic N) is 2. The fourth-order valence-corrected chi connectivity index (χ4v) is 4.01. The van der Waals surface area contributed by atoms with Crippen molar-refractivity contribution in [2.45, 2.75) is 26.3 Å². The number of aromatic nitrogens is 1. The van der Waals surface area contributed by atoms with Crippen molar-refractivity contribution < 1.29 is 14.7 Å². The maximum atomic E-state index is 12.9. The summed E-state index contributed by atoms with van der Waals surface area (Å²) in [7, 11) is 0. The molecule has 0 saturated heterocycles. The molecule has 0 spiro atoms. The number of nitrogens with two attached hydrogens (primary N) is 1. The molecule has 2 aromatic carbocycles. The number of carbonyl (C=O) groups excluding carboxylic acids is 1. The van der Waals surface area contributed by atoms with Gasteiger partial charge in [0.2, 0.25) is 0 Å². The van der Waals surface area contributed by atoms with Gasteiger partial charge in [-0.15, -0.1) is 23.7 Å². The lowest BCUT2D eigenvalue weighted by Crippen LogP contribution is -2.33. The molecule has 0 fully saturated rings. The van der Waals surface area contributed by atoms with Gasteiger partial charge in [0.15, 0.2) is 0 Å². The first kappa shape index (κ1) is 25.1. The third-order valence-corrected chi connectivity index (χ3v) is 5.73. The van der Waals surface area contributed by atoms with Crippen molar-refractivity contribution in [1.82, 2.24) is 9.88 Å². The second-order valence-corrected chi connectivity index (χ2v) is 8.19. The molecule has 0 aliphatic carbocycles. The molecular formula is C22H26ClN5O3S. The first-order chi connectivity index (χ1) is 14.9. The van der Waals surface area contributed by atoms with Gasteiger partial charge in [0, 0.05) is 29.9 Å². The van der Waals surface area contributed by atoms with E-state index in [1.165, 1.54) is 0 Å². The molecule has 10 heteroatoms. The molecule has 170 valence electrons. The van der Waals surface area contributed by atoms with Crippen molar-refractivity contribution in [3.05, 3.63) is 58.6 Å². The summed E-state index contributed by atoms with van der Waals surface area (Å²) >= 11 is 1.55. The third kappa shape index (κ3) is 6.41. The molecular weight excluding hydrogens is 450 g/mol. The Morgan fingerprint density at radius 3 is 2.47 bits per heavy atom. The van der Waals surface area contributed by atoms with Crippen LogP contribution in [-0.2, 0) is 11.3 Å². The summed E-state index contributed by atoms with van der Waals surface area (Å²) in [5, 5.41) is 20.5. The van der Waals surface area contributed by atoms with Crippen molar-refractivity contribution in [1.29, 1.82) is 5.41 Å². The number of hydrogen-bond donors (Lipinski definition) is 4. The van der Waals surface area contributed by atoms with Crippen LogP contribution in [0.3, 0.4) is 0 Å². The number of carboxylic acid groups (broad SMARTS) is 1. The number of amidine groups is 1. The number of anilines is 1. The quantitative estimate of drug-likeness (QED) is 0.259. The Balaban J connectivity index is 0.00000363. The van der Waals surface area contributed by atoms with E-state index < -0.39 is 5.97 Å². The summed E-state index contributed by atoms with van der Waals surface area (Å²) in [4.78, 5) is 30.0. The summed E-state index contributed by atoms with van der Waals surface area (Å²) < 4.78 is 0.979. The van der Waals surface area contributed by atoms with Gasteiger partial charge in [-0.1, -0.05) is 6.92 Å². The number of carbonyl (C=O) groups is 2. The Morgan fingerprint density at radius 1 is 1.16 bits per heavy atom. The zero-order chi connectivity index (χ0) is 22.4. The molecule has 3 aromatic rings. The molecule has 1 heterocycles. The highest BCUT2D eigenvalue weighted by Crippen LogP contribution is 2.25. The van der Waals surface area contributed by atoms with Crippen molar-refractivity contribution in [3.63, 3.8) is 0 Å². The minimum atomic E-state index is -0.920. The Bertz CT molecular complexity index is 1100. The van der Waals surface area contributed by atoms with Gasteiger partial charge in [-0.25, -0.2) is 4.98 Å². The SMILES string of the molecule is CCCN(CCC(=O)O)C(=O)c1ccc2sc(CNc3ccc(C(=N)N)cc3)nc2c1.Cl. The largest absolute Gasteiger partial charge is 0.481 e. The number of fused-ring (bicyclic) bond motifs is 1. The molecule has 32 heavy (non-hydrogen) atoms. The van der Waals surface area contributed by atoms with Gasteiger partial charge >= 0.3 is 5.97 Å². The molecule has 0 atom stereocenters. The van der Waals surface area contributed by atoms with Crippen LogP contribution in [0.4, 0.5) is 5.69 Å². The zero-order valence-electron chi connectivity index (χ0n) is 17.6. The summed E-state index contributed by atoms with van der Waals surface area (Å²) in [5.74, 6) is -1.07. The third-order valence-electron chi connectivity index (χ3n) is 4.69. The lowest BCUT2D eigenvalue weighted by Gasteiger charge is -2.21. The molecule has 0 unspecified atom stereocenters. The van der Waals surface area contributed by atoms with E-state index >= 15 is 0 Å². The van der Waals surface area contributed by atoms with Crippen molar-refractivity contribution in [3.8, 4) is 0 Å². The molecule has 1 amide bonds. The molecule has 0 saturated carbocycles. The molecule has 3 rings (SSSR count). The maximum Gasteiger partial charge on any atom is 0.305 e. The molecule has 0 aliphatic rings. The normalized spacial score (nSPS) is 10.4. The molecule has 8 nitrogen and oxygen atoms in total. The Hall–Kier alpha value is -3.17. The topological polar surface area (TPSA) is 132 Å². The van der Waals surface area contributed by atoms with Crippen molar-refractivity contribution in [2.24, 2.45) is 5.73 Å². The molecule has 0 aliphatic heterocycles. The van der Waals surface area contributed by atoms with Crippen LogP contribution < -0.4 is 11.1 Å². The predicted molar refractivity (Wildman–Crippen MR) is 130 cm³/mol. The fraction of sp³-hybridized carbons (Fsp3) is 0.273. The average Bonchev–Trinajstić information content (AvgIpc) is 3.17. The van der Waals surface area contributed by atoms with Crippen LogP contribution in [-0.4, -0.2) is 45.8 Å². The first-order valence-electron chi connectivity index (χ1n) is 9.96. The van der Waals surface area contributed by atoms with Crippen molar-refractivity contribution >= 4 is 57.4 Å². The van der Waals surface area contributed by atoms with Crippen LogP contribution in [0.1, 0.15) is 40.7 Å². The van der Waals surface area contributed by atoms with E-state index in [9.17, 15) is 9.59 Å². The van der Waals surface area contributed by atoms with E-state index in [-0.39, 0.29) is 37.1 Å². The summed E-state index contributed by atoms with van der Waals surface area (Å²) in [6, 6.07) is 12.7. The van der Waals surface area contributed by atoms with E-state index in [4.69, 9.17) is 16.2 Å².